The minimum absolute atomic E-state index is 0.0515. The molecule has 0 fully saturated rings. The van der Waals surface area contributed by atoms with Gasteiger partial charge < -0.3 is 4.90 Å². The molecule has 0 spiro atoms. The molecule has 7 heteroatoms. The van der Waals surface area contributed by atoms with Crippen LogP contribution < -0.4 is 0 Å². The maximum Gasteiger partial charge on any atom is 0.259 e. The van der Waals surface area contributed by atoms with E-state index < -0.39 is 0 Å². The lowest BCUT2D eigenvalue weighted by Crippen LogP contribution is -2.32. The van der Waals surface area contributed by atoms with Crippen molar-refractivity contribution >= 4 is 12.0 Å². The third-order valence-corrected chi connectivity index (χ3v) is 4.08. The summed E-state index contributed by atoms with van der Waals surface area (Å²) in [5.74, 6) is -0.458. The molecular weight excluding hydrogens is 345 g/mol. The first-order chi connectivity index (χ1) is 13.0. The van der Waals surface area contributed by atoms with Crippen LogP contribution in [-0.2, 0) is 7.05 Å². The van der Waals surface area contributed by atoms with Crippen LogP contribution >= 0.6 is 0 Å². The number of carbonyl (C=O) groups excluding carboxylic acids is 1. The number of hydrogen-bond donors (Lipinski definition) is 0. The largest absolute Gasteiger partial charge is 0.312 e. The summed E-state index contributed by atoms with van der Waals surface area (Å²) in [4.78, 5) is 18.4. The van der Waals surface area contributed by atoms with Gasteiger partial charge in [0.2, 0.25) is 0 Å². The second kappa shape index (κ2) is 7.90. The topological polar surface area (TPSA) is 63.9 Å². The zero-order chi connectivity index (χ0) is 19.4. The maximum absolute atomic E-state index is 13.2. The molecule has 1 aromatic carbocycles. The SMILES string of the molecule is CC(C)N(C=Cc1c(-c2ccc(F)cc2)nnn1C)C(=O)c1cccnc1. The molecule has 0 saturated heterocycles. The van der Waals surface area contributed by atoms with Crippen molar-refractivity contribution in [2.24, 2.45) is 7.05 Å². The smallest absolute Gasteiger partial charge is 0.259 e. The van der Waals surface area contributed by atoms with Gasteiger partial charge in [-0.15, -0.1) is 5.10 Å². The van der Waals surface area contributed by atoms with Crippen LogP contribution in [0.25, 0.3) is 17.3 Å². The lowest BCUT2D eigenvalue weighted by molar-refractivity contribution is 0.0789. The van der Waals surface area contributed by atoms with Crippen LogP contribution in [0.4, 0.5) is 4.39 Å². The van der Waals surface area contributed by atoms with Crippen molar-refractivity contribution in [3.8, 4) is 11.3 Å². The first-order valence-corrected chi connectivity index (χ1v) is 8.54. The normalized spacial score (nSPS) is 11.3. The molecule has 0 aliphatic heterocycles. The van der Waals surface area contributed by atoms with Crippen LogP contribution in [0.1, 0.15) is 29.9 Å². The zero-order valence-electron chi connectivity index (χ0n) is 15.4. The van der Waals surface area contributed by atoms with Crippen LogP contribution in [0, 0.1) is 5.82 Å². The number of rotatable bonds is 5. The first-order valence-electron chi connectivity index (χ1n) is 8.54. The number of pyridine rings is 1. The highest BCUT2D eigenvalue weighted by atomic mass is 19.1. The van der Waals surface area contributed by atoms with E-state index in [-0.39, 0.29) is 17.8 Å². The second-order valence-corrected chi connectivity index (χ2v) is 6.32. The van der Waals surface area contributed by atoms with Gasteiger partial charge in [-0.05, 0) is 56.3 Å². The number of halogens is 1. The summed E-state index contributed by atoms with van der Waals surface area (Å²) in [6.07, 6.45) is 6.67. The number of benzene rings is 1. The Morgan fingerprint density at radius 3 is 2.59 bits per heavy atom. The van der Waals surface area contributed by atoms with Gasteiger partial charge in [0.1, 0.15) is 11.5 Å². The quantitative estimate of drug-likeness (QED) is 0.694. The van der Waals surface area contributed by atoms with Crippen molar-refractivity contribution in [3.05, 3.63) is 72.1 Å². The fourth-order valence-corrected chi connectivity index (χ4v) is 2.63. The van der Waals surface area contributed by atoms with Gasteiger partial charge in [-0.2, -0.15) is 0 Å². The Kier molecular flexibility index (Phi) is 5.40. The fraction of sp³-hybridized carbons (Fsp3) is 0.200. The van der Waals surface area contributed by atoms with Gasteiger partial charge in [0.05, 0.1) is 11.3 Å². The van der Waals surface area contributed by atoms with Crippen molar-refractivity contribution < 1.29 is 9.18 Å². The van der Waals surface area contributed by atoms with Crippen LogP contribution in [0.5, 0.6) is 0 Å². The van der Waals surface area contributed by atoms with Gasteiger partial charge in [0.25, 0.3) is 5.91 Å². The minimum atomic E-state index is -0.312. The molecule has 0 radical (unpaired) electrons. The van der Waals surface area contributed by atoms with E-state index in [1.807, 2.05) is 13.8 Å². The molecule has 27 heavy (non-hydrogen) atoms. The highest BCUT2D eigenvalue weighted by Crippen LogP contribution is 2.22. The van der Waals surface area contributed by atoms with Crippen LogP contribution in [-0.4, -0.2) is 36.8 Å². The van der Waals surface area contributed by atoms with E-state index in [1.165, 1.54) is 12.1 Å². The van der Waals surface area contributed by atoms with E-state index in [1.54, 1.807) is 65.6 Å². The summed E-state index contributed by atoms with van der Waals surface area (Å²) < 4.78 is 14.8. The molecule has 0 bridgehead atoms. The van der Waals surface area contributed by atoms with E-state index in [0.717, 1.165) is 5.56 Å². The summed E-state index contributed by atoms with van der Waals surface area (Å²) in [5, 5.41) is 8.22. The molecule has 2 heterocycles. The first kappa shape index (κ1) is 18.4. The molecular formula is C20H20FN5O. The average molecular weight is 365 g/mol. The van der Waals surface area contributed by atoms with Gasteiger partial charge in [-0.3, -0.25) is 9.78 Å². The summed E-state index contributed by atoms with van der Waals surface area (Å²) in [6.45, 7) is 3.86. The molecule has 2 aromatic heterocycles. The van der Waals surface area contributed by atoms with Crippen LogP contribution in [0.2, 0.25) is 0 Å². The van der Waals surface area contributed by atoms with Gasteiger partial charge in [0.15, 0.2) is 0 Å². The molecule has 0 N–H and O–H groups in total. The Morgan fingerprint density at radius 2 is 1.96 bits per heavy atom. The Balaban J connectivity index is 1.93. The molecule has 0 saturated carbocycles. The van der Waals surface area contributed by atoms with Crippen molar-refractivity contribution in [2.45, 2.75) is 19.9 Å². The minimum Gasteiger partial charge on any atom is -0.312 e. The molecule has 138 valence electrons. The summed E-state index contributed by atoms with van der Waals surface area (Å²) in [6, 6.07) is 9.47. The lowest BCUT2D eigenvalue weighted by Gasteiger charge is -2.22. The highest BCUT2D eigenvalue weighted by Gasteiger charge is 2.17. The fourth-order valence-electron chi connectivity index (χ4n) is 2.63. The number of amides is 1. The summed E-state index contributed by atoms with van der Waals surface area (Å²) in [5.41, 5.74) is 2.59. The molecule has 0 atom stereocenters. The van der Waals surface area contributed by atoms with E-state index in [2.05, 4.69) is 15.3 Å². The second-order valence-electron chi connectivity index (χ2n) is 6.32. The Bertz CT molecular complexity index is 948. The van der Waals surface area contributed by atoms with E-state index in [4.69, 9.17) is 0 Å². The monoisotopic (exact) mass is 365 g/mol. The number of hydrogen-bond acceptors (Lipinski definition) is 4. The maximum atomic E-state index is 13.2. The Morgan fingerprint density at radius 1 is 1.22 bits per heavy atom. The van der Waals surface area contributed by atoms with Crippen LogP contribution in [0.15, 0.2) is 55.0 Å². The predicted octanol–water partition coefficient (Wildman–Crippen LogP) is 3.54. The van der Waals surface area contributed by atoms with Gasteiger partial charge >= 0.3 is 0 Å². The molecule has 0 aliphatic rings. The molecule has 6 nitrogen and oxygen atoms in total. The average Bonchev–Trinajstić information content (AvgIpc) is 3.03. The predicted molar refractivity (Wildman–Crippen MR) is 101 cm³/mol. The van der Waals surface area contributed by atoms with E-state index in [0.29, 0.717) is 17.0 Å². The van der Waals surface area contributed by atoms with E-state index >= 15 is 0 Å². The lowest BCUT2D eigenvalue weighted by atomic mass is 10.1. The Hall–Kier alpha value is -3.35. The molecule has 3 rings (SSSR count). The summed E-state index contributed by atoms with van der Waals surface area (Å²) in [7, 11) is 1.77. The third kappa shape index (κ3) is 4.08. The molecule has 1 amide bonds. The number of nitrogens with zero attached hydrogens (tertiary/aromatic N) is 5. The third-order valence-electron chi connectivity index (χ3n) is 4.08. The number of aryl methyl sites for hydroxylation is 1. The molecule has 0 unspecified atom stereocenters. The molecule has 3 aromatic rings. The number of aromatic nitrogens is 4. The van der Waals surface area contributed by atoms with Crippen LogP contribution in [0.3, 0.4) is 0 Å². The van der Waals surface area contributed by atoms with Gasteiger partial charge in [0, 0.05) is 37.2 Å². The Labute approximate surface area is 157 Å². The van der Waals surface area contributed by atoms with Gasteiger partial charge in [-0.25, -0.2) is 9.07 Å². The number of carbonyl (C=O) groups is 1. The standard InChI is InChI=1S/C20H20FN5O/c1-14(2)26(20(27)16-5-4-11-22-13-16)12-10-18-19(23-24-25(18)3)15-6-8-17(21)9-7-15/h4-14H,1-3H3. The molecule has 0 aliphatic carbocycles. The van der Waals surface area contributed by atoms with Crippen molar-refractivity contribution in [1.29, 1.82) is 0 Å². The highest BCUT2D eigenvalue weighted by molar-refractivity contribution is 5.95. The van der Waals surface area contributed by atoms with Crippen molar-refractivity contribution in [2.75, 3.05) is 0 Å². The van der Waals surface area contributed by atoms with Crippen molar-refractivity contribution in [1.82, 2.24) is 24.9 Å². The van der Waals surface area contributed by atoms with Crippen molar-refractivity contribution in [3.63, 3.8) is 0 Å². The zero-order valence-corrected chi connectivity index (χ0v) is 15.4. The summed E-state index contributed by atoms with van der Waals surface area (Å²) >= 11 is 0. The van der Waals surface area contributed by atoms with Gasteiger partial charge in [-0.1, -0.05) is 5.21 Å². The van der Waals surface area contributed by atoms with E-state index in [9.17, 15) is 9.18 Å².